The van der Waals surface area contributed by atoms with E-state index in [0.29, 0.717) is 31.5 Å². The monoisotopic (exact) mass is 385 g/mol. The Bertz CT molecular complexity index is 671. The first-order chi connectivity index (χ1) is 13.4. The average Bonchev–Trinajstić information content (AvgIpc) is 3.03. The van der Waals surface area contributed by atoms with Gasteiger partial charge < -0.3 is 10.2 Å². The minimum absolute atomic E-state index is 0.00850. The zero-order valence-electron chi connectivity index (χ0n) is 17.6. The van der Waals surface area contributed by atoms with Crippen molar-refractivity contribution in [3.63, 3.8) is 0 Å². The fourth-order valence-electron chi connectivity index (χ4n) is 4.29. The summed E-state index contributed by atoms with van der Waals surface area (Å²) in [5.74, 6) is 0.305. The van der Waals surface area contributed by atoms with Crippen molar-refractivity contribution in [2.75, 3.05) is 19.6 Å². The SMILES string of the molecule is CC(C)CN1CC(C(=O)NCc2ccc(CN3CCCCC3C)cc2)CC1=O. The molecule has 154 valence electrons. The second kappa shape index (κ2) is 9.55. The minimum atomic E-state index is -0.217. The number of carbonyl (C=O) groups excluding carboxylic acids is 2. The molecule has 2 amide bonds. The van der Waals surface area contributed by atoms with Gasteiger partial charge in [-0.05, 0) is 43.4 Å². The molecule has 0 radical (unpaired) electrons. The van der Waals surface area contributed by atoms with Gasteiger partial charge in [-0.2, -0.15) is 0 Å². The van der Waals surface area contributed by atoms with Crippen molar-refractivity contribution >= 4 is 11.8 Å². The Hall–Kier alpha value is -1.88. The van der Waals surface area contributed by atoms with Crippen LogP contribution in [0.2, 0.25) is 0 Å². The van der Waals surface area contributed by atoms with Crippen molar-refractivity contribution in [2.45, 2.75) is 65.6 Å². The molecule has 28 heavy (non-hydrogen) atoms. The smallest absolute Gasteiger partial charge is 0.225 e. The highest BCUT2D eigenvalue weighted by Gasteiger charge is 2.34. The molecule has 0 bridgehead atoms. The lowest BCUT2D eigenvalue weighted by molar-refractivity contribution is -0.129. The molecule has 5 heteroatoms. The van der Waals surface area contributed by atoms with Crippen LogP contribution in [0.3, 0.4) is 0 Å². The van der Waals surface area contributed by atoms with E-state index < -0.39 is 0 Å². The Morgan fingerprint density at radius 2 is 1.89 bits per heavy atom. The van der Waals surface area contributed by atoms with Crippen LogP contribution in [0.25, 0.3) is 0 Å². The molecule has 2 atom stereocenters. The van der Waals surface area contributed by atoms with Crippen LogP contribution in [0.5, 0.6) is 0 Å². The van der Waals surface area contributed by atoms with Gasteiger partial charge >= 0.3 is 0 Å². The zero-order valence-corrected chi connectivity index (χ0v) is 17.6. The number of nitrogens with zero attached hydrogens (tertiary/aromatic N) is 2. The lowest BCUT2D eigenvalue weighted by Gasteiger charge is -2.33. The predicted molar refractivity (Wildman–Crippen MR) is 112 cm³/mol. The van der Waals surface area contributed by atoms with E-state index in [2.05, 4.69) is 55.3 Å². The van der Waals surface area contributed by atoms with E-state index in [1.165, 1.54) is 31.4 Å². The zero-order chi connectivity index (χ0) is 20.1. The summed E-state index contributed by atoms with van der Waals surface area (Å²) < 4.78 is 0. The highest BCUT2D eigenvalue weighted by Crippen LogP contribution is 2.20. The Morgan fingerprint density at radius 1 is 1.18 bits per heavy atom. The highest BCUT2D eigenvalue weighted by atomic mass is 16.2. The molecule has 0 aliphatic carbocycles. The molecule has 2 saturated heterocycles. The third kappa shape index (κ3) is 5.57. The van der Waals surface area contributed by atoms with Crippen LogP contribution in [0.4, 0.5) is 0 Å². The standard InChI is InChI=1S/C23H35N3O2/c1-17(2)14-26-16-21(12-22(26)27)23(28)24-13-19-7-9-20(10-8-19)15-25-11-5-4-6-18(25)3/h7-10,17-18,21H,4-6,11-16H2,1-3H3,(H,24,28). The molecule has 2 fully saturated rings. The van der Waals surface area contributed by atoms with Gasteiger partial charge in [0.25, 0.3) is 0 Å². The van der Waals surface area contributed by atoms with Gasteiger partial charge in [0.05, 0.1) is 5.92 Å². The van der Waals surface area contributed by atoms with E-state index in [1.54, 1.807) is 0 Å². The van der Waals surface area contributed by atoms with Crippen LogP contribution in [0.15, 0.2) is 24.3 Å². The first-order valence-electron chi connectivity index (χ1n) is 10.8. The molecule has 5 nitrogen and oxygen atoms in total. The number of carbonyl (C=O) groups is 2. The summed E-state index contributed by atoms with van der Waals surface area (Å²) in [5, 5.41) is 3.01. The molecule has 3 rings (SSSR count). The molecule has 0 saturated carbocycles. The van der Waals surface area contributed by atoms with Crippen molar-refractivity contribution in [1.29, 1.82) is 0 Å². The summed E-state index contributed by atoms with van der Waals surface area (Å²) in [6.45, 7) is 10.5. The summed E-state index contributed by atoms with van der Waals surface area (Å²) in [6, 6.07) is 9.22. The number of likely N-dealkylation sites (tertiary alicyclic amines) is 2. The predicted octanol–water partition coefficient (Wildman–Crippen LogP) is 3.18. The van der Waals surface area contributed by atoms with Crippen LogP contribution in [-0.2, 0) is 22.7 Å². The van der Waals surface area contributed by atoms with E-state index in [-0.39, 0.29) is 17.7 Å². The molecular formula is C23H35N3O2. The fourth-order valence-corrected chi connectivity index (χ4v) is 4.29. The van der Waals surface area contributed by atoms with E-state index in [0.717, 1.165) is 18.7 Å². The molecule has 1 aromatic rings. The second-order valence-electron chi connectivity index (χ2n) is 8.94. The lowest BCUT2D eigenvalue weighted by Crippen LogP contribution is -2.36. The molecule has 1 N–H and O–H groups in total. The van der Waals surface area contributed by atoms with Gasteiger partial charge in [-0.15, -0.1) is 0 Å². The number of amides is 2. The number of hydrogen-bond acceptors (Lipinski definition) is 3. The number of hydrogen-bond donors (Lipinski definition) is 1. The first-order valence-corrected chi connectivity index (χ1v) is 10.8. The van der Waals surface area contributed by atoms with E-state index in [1.807, 2.05) is 4.90 Å². The Balaban J connectivity index is 1.45. The number of rotatable bonds is 7. The molecule has 2 heterocycles. The normalized spacial score (nSPS) is 23.4. The summed E-state index contributed by atoms with van der Waals surface area (Å²) in [6.07, 6.45) is 4.28. The van der Waals surface area contributed by atoms with Crippen molar-refractivity contribution in [3.8, 4) is 0 Å². The van der Waals surface area contributed by atoms with E-state index in [4.69, 9.17) is 0 Å². The summed E-state index contributed by atoms with van der Waals surface area (Å²) in [7, 11) is 0. The largest absolute Gasteiger partial charge is 0.352 e. The average molecular weight is 386 g/mol. The Morgan fingerprint density at radius 3 is 2.57 bits per heavy atom. The van der Waals surface area contributed by atoms with Crippen molar-refractivity contribution in [3.05, 3.63) is 35.4 Å². The number of nitrogens with one attached hydrogen (secondary N) is 1. The van der Waals surface area contributed by atoms with E-state index >= 15 is 0 Å². The van der Waals surface area contributed by atoms with E-state index in [9.17, 15) is 9.59 Å². The van der Waals surface area contributed by atoms with Crippen LogP contribution < -0.4 is 5.32 Å². The summed E-state index contributed by atoms with van der Waals surface area (Å²) in [4.78, 5) is 28.9. The Kier molecular flexibility index (Phi) is 7.11. The highest BCUT2D eigenvalue weighted by molar-refractivity contribution is 5.89. The van der Waals surface area contributed by atoms with Crippen LogP contribution in [-0.4, -0.2) is 47.3 Å². The fraction of sp³-hybridized carbons (Fsp3) is 0.652. The topological polar surface area (TPSA) is 52.7 Å². The van der Waals surface area contributed by atoms with Gasteiger partial charge in [-0.3, -0.25) is 14.5 Å². The molecule has 1 aromatic carbocycles. The third-order valence-corrected chi connectivity index (χ3v) is 5.99. The third-order valence-electron chi connectivity index (χ3n) is 5.99. The molecule has 2 aliphatic rings. The summed E-state index contributed by atoms with van der Waals surface area (Å²) in [5.41, 5.74) is 2.43. The minimum Gasteiger partial charge on any atom is -0.352 e. The second-order valence-corrected chi connectivity index (χ2v) is 8.94. The van der Waals surface area contributed by atoms with Crippen molar-refractivity contribution in [2.24, 2.45) is 11.8 Å². The van der Waals surface area contributed by atoms with Gasteiger partial charge in [0.15, 0.2) is 0 Å². The number of benzene rings is 1. The maximum Gasteiger partial charge on any atom is 0.225 e. The van der Waals surface area contributed by atoms with Crippen LogP contribution in [0, 0.1) is 11.8 Å². The van der Waals surface area contributed by atoms with Crippen molar-refractivity contribution < 1.29 is 9.59 Å². The van der Waals surface area contributed by atoms with Gasteiger partial charge in [-0.1, -0.05) is 44.5 Å². The number of piperidine rings is 1. The van der Waals surface area contributed by atoms with Crippen molar-refractivity contribution in [1.82, 2.24) is 15.1 Å². The molecule has 0 aromatic heterocycles. The maximum absolute atomic E-state index is 12.5. The van der Waals surface area contributed by atoms with Gasteiger partial charge in [0, 0.05) is 38.6 Å². The summed E-state index contributed by atoms with van der Waals surface area (Å²) >= 11 is 0. The molecular weight excluding hydrogens is 350 g/mol. The quantitative estimate of drug-likeness (QED) is 0.784. The Labute approximate surface area is 169 Å². The van der Waals surface area contributed by atoms with Gasteiger partial charge in [-0.25, -0.2) is 0 Å². The van der Waals surface area contributed by atoms with Gasteiger partial charge in [0.1, 0.15) is 0 Å². The molecule has 2 aliphatic heterocycles. The first kappa shape index (κ1) is 20.8. The van der Waals surface area contributed by atoms with Crippen LogP contribution in [0.1, 0.15) is 57.6 Å². The molecule has 0 spiro atoms. The lowest BCUT2D eigenvalue weighted by atomic mass is 10.0. The van der Waals surface area contributed by atoms with Gasteiger partial charge in [0.2, 0.25) is 11.8 Å². The maximum atomic E-state index is 12.5. The molecule has 2 unspecified atom stereocenters. The van der Waals surface area contributed by atoms with Crippen LogP contribution >= 0.6 is 0 Å².